The van der Waals surface area contributed by atoms with Gasteiger partial charge in [0.1, 0.15) is 11.5 Å². The molecule has 0 fully saturated rings. The van der Waals surface area contributed by atoms with E-state index in [0.29, 0.717) is 35.7 Å². The molecule has 31 heavy (non-hydrogen) atoms. The number of halogens is 1. The van der Waals surface area contributed by atoms with Gasteiger partial charge in [0.05, 0.1) is 31.7 Å². The van der Waals surface area contributed by atoms with Crippen LogP contribution in [0.2, 0.25) is 0 Å². The van der Waals surface area contributed by atoms with Crippen molar-refractivity contribution in [3.05, 3.63) is 59.6 Å². The van der Waals surface area contributed by atoms with Crippen molar-refractivity contribution in [1.29, 1.82) is 0 Å². The molecule has 3 N–H and O–H groups in total. The van der Waals surface area contributed by atoms with Gasteiger partial charge in [-0.3, -0.25) is 0 Å². The molecule has 162 valence electrons. The third-order valence-corrected chi connectivity index (χ3v) is 4.98. The van der Waals surface area contributed by atoms with Crippen LogP contribution in [0.25, 0.3) is 0 Å². The molecule has 3 aromatic rings. The maximum absolute atomic E-state index is 14.6. The largest absolute Gasteiger partial charge is 0.463 e. The van der Waals surface area contributed by atoms with Crippen molar-refractivity contribution in [1.82, 2.24) is 24.4 Å². The number of fused-ring (bicyclic) bond motifs is 1. The third-order valence-electron chi connectivity index (χ3n) is 4.98. The van der Waals surface area contributed by atoms with Crippen LogP contribution < -0.4 is 15.8 Å². The molecule has 1 aliphatic heterocycles. The van der Waals surface area contributed by atoms with Gasteiger partial charge in [-0.05, 0) is 18.1 Å². The number of ether oxygens (including phenoxy) is 1. The summed E-state index contributed by atoms with van der Waals surface area (Å²) < 4.78 is 21.9. The molecular weight excluding hydrogens is 401 g/mol. The molecule has 1 aliphatic rings. The van der Waals surface area contributed by atoms with Crippen LogP contribution in [0.3, 0.4) is 0 Å². The molecule has 0 saturated carbocycles. The van der Waals surface area contributed by atoms with Gasteiger partial charge in [0, 0.05) is 24.5 Å². The summed E-state index contributed by atoms with van der Waals surface area (Å²) in [6.07, 6.45) is 6.93. The van der Waals surface area contributed by atoms with Crippen molar-refractivity contribution in [3.8, 4) is 6.01 Å². The van der Waals surface area contributed by atoms with Crippen molar-refractivity contribution in [2.45, 2.75) is 39.4 Å². The number of aromatic nitrogens is 4. The van der Waals surface area contributed by atoms with Gasteiger partial charge in [-0.1, -0.05) is 25.5 Å². The fraction of sp³-hybridized carbons (Fsp3) is 0.333. The van der Waals surface area contributed by atoms with Gasteiger partial charge in [0.15, 0.2) is 5.82 Å². The van der Waals surface area contributed by atoms with E-state index in [1.165, 1.54) is 11.0 Å². The van der Waals surface area contributed by atoms with Crippen molar-refractivity contribution in [3.63, 3.8) is 0 Å². The number of urea groups is 1. The molecule has 1 aromatic carbocycles. The molecule has 10 heteroatoms. The van der Waals surface area contributed by atoms with E-state index in [-0.39, 0.29) is 36.8 Å². The molecule has 0 saturated heterocycles. The van der Waals surface area contributed by atoms with Gasteiger partial charge in [0.2, 0.25) is 0 Å². The summed E-state index contributed by atoms with van der Waals surface area (Å²) in [7, 11) is 0. The van der Waals surface area contributed by atoms with E-state index in [2.05, 4.69) is 27.2 Å². The van der Waals surface area contributed by atoms with Crippen LogP contribution in [-0.2, 0) is 19.6 Å². The number of anilines is 2. The van der Waals surface area contributed by atoms with Crippen LogP contribution in [0.4, 0.5) is 20.7 Å². The van der Waals surface area contributed by atoms with E-state index < -0.39 is 0 Å². The minimum atomic E-state index is -0.342. The zero-order valence-corrected chi connectivity index (χ0v) is 17.2. The zero-order chi connectivity index (χ0) is 21.8. The van der Waals surface area contributed by atoms with Crippen molar-refractivity contribution in [2.24, 2.45) is 0 Å². The van der Waals surface area contributed by atoms with Crippen LogP contribution in [-0.4, -0.2) is 37.1 Å². The fourth-order valence-electron chi connectivity index (χ4n) is 3.31. The lowest BCUT2D eigenvalue weighted by Gasteiger charge is -2.29. The Labute approximate surface area is 179 Å². The highest BCUT2D eigenvalue weighted by molar-refractivity contribution is 5.94. The number of carbonyl (C=O) groups is 1. The standard InChI is InChI=1S/C21H24FN7O2/c1-2-3-8-31-20-25-17-12-29(21(30)26-18(17)19(23)27-20)10-14-4-5-15(16(22)9-14)11-28-7-6-24-13-28/h4-7,9,13H,2-3,8,10-12H2,1H3,(H,26,30)(H2,23,25,27). The molecule has 0 aliphatic carbocycles. The predicted molar refractivity (Wildman–Crippen MR) is 113 cm³/mol. The number of rotatable bonds is 8. The van der Waals surface area contributed by atoms with Gasteiger partial charge in [-0.25, -0.2) is 14.2 Å². The van der Waals surface area contributed by atoms with Gasteiger partial charge in [-0.2, -0.15) is 9.97 Å². The minimum Gasteiger partial charge on any atom is -0.463 e. The quantitative estimate of drug-likeness (QED) is 0.536. The molecule has 2 aromatic heterocycles. The summed E-state index contributed by atoms with van der Waals surface area (Å²) in [6.45, 7) is 3.39. The average Bonchev–Trinajstić information content (AvgIpc) is 3.25. The topological polar surface area (TPSA) is 111 Å². The summed E-state index contributed by atoms with van der Waals surface area (Å²) in [5, 5.41) is 2.73. The number of hydrogen-bond acceptors (Lipinski definition) is 6. The number of nitrogens with two attached hydrogens (primary N) is 1. The summed E-state index contributed by atoms with van der Waals surface area (Å²) in [5.74, 6) is -0.165. The van der Waals surface area contributed by atoms with E-state index in [9.17, 15) is 9.18 Å². The molecule has 3 heterocycles. The van der Waals surface area contributed by atoms with Crippen LogP contribution >= 0.6 is 0 Å². The molecule has 9 nitrogen and oxygen atoms in total. The van der Waals surface area contributed by atoms with Gasteiger partial charge >= 0.3 is 12.0 Å². The Bertz CT molecular complexity index is 1070. The first-order chi connectivity index (χ1) is 15.0. The Kier molecular flexibility index (Phi) is 5.96. The molecular formula is C21H24FN7O2. The van der Waals surface area contributed by atoms with Crippen LogP contribution in [0.5, 0.6) is 6.01 Å². The lowest BCUT2D eigenvalue weighted by molar-refractivity contribution is 0.202. The second-order valence-electron chi connectivity index (χ2n) is 7.36. The lowest BCUT2D eigenvalue weighted by Crippen LogP contribution is -2.39. The normalized spacial score (nSPS) is 13.1. The van der Waals surface area contributed by atoms with Crippen LogP contribution in [0.15, 0.2) is 36.9 Å². The average molecular weight is 425 g/mol. The first-order valence-corrected chi connectivity index (χ1v) is 10.1. The number of benzene rings is 1. The summed E-state index contributed by atoms with van der Waals surface area (Å²) >= 11 is 0. The summed E-state index contributed by atoms with van der Waals surface area (Å²) in [4.78, 5) is 26.5. The van der Waals surface area contributed by atoms with E-state index in [0.717, 1.165) is 12.8 Å². The lowest BCUT2D eigenvalue weighted by atomic mass is 10.1. The molecule has 4 rings (SSSR count). The van der Waals surface area contributed by atoms with E-state index in [4.69, 9.17) is 10.5 Å². The number of carbonyl (C=O) groups excluding carboxylic acids is 1. The second-order valence-corrected chi connectivity index (χ2v) is 7.36. The Balaban J connectivity index is 1.47. The Morgan fingerprint density at radius 3 is 2.90 bits per heavy atom. The zero-order valence-electron chi connectivity index (χ0n) is 17.2. The number of nitrogen functional groups attached to an aromatic ring is 1. The van der Waals surface area contributed by atoms with Crippen molar-refractivity contribution >= 4 is 17.5 Å². The van der Waals surface area contributed by atoms with Crippen LogP contribution in [0.1, 0.15) is 36.6 Å². The maximum atomic E-state index is 14.6. The minimum absolute atomic E-state index is 0.166. The Morgan fingerprint density at radius 2 is 2.16 bits per heavy atom. The monoisotopic (exact) mass is 425 g/mol. The number of hydrogen-bond donors (Lipinski definition) is 2. The number of imidazole rings is 1. The fourth-order valence-corrected chi connectivity index (χ4v) is 3.31. The van der Waals surface area contributed by atoms with Gasteiger partial charge in [0.25, 0.3) is 0 Å². The summed E-state index contributed by atoms with van der Waals surface area (Å²) in [5.41, 5.74) is 8.16. The van der Waals surface area contributed by atoms with Crippen LogP contribution in [0, 0.1) is 5.82 Å². The third kappa shape index (κ3) is 4.73. The highest BCUT2D eigenvalue weighted by Gasteiger charge is 2.27. The molecule has 2 amide bonds. The smallest absolute Gasteiger partial charge is 0.322 e. The molecule has 0 spiro atoms. The second kappa shape index (κ2) is 8.99. The molecule has 0 bridgehead atoms. The molecule has 0 atom stereocenters. The van der Waals surface area contributed by atoms with Gasteiger partial charge in [-0.15, -0.1) is 0 Å². The van der Waals surface area contributed by atoms with Gasteiger partial charge < -0.3 is 25.3 Å². The molecule has 0 radical (unpaired) electrons. The van der Waals surface area contributed by atoms with E-state index in [1.807, 2.05) is 6.07 Å². The number of amides is 2. The summed E-state index contributed by atoms with van der Waals surface area (Å²) in [6, 6.07) is 4.83. The first kappa shape index (κ1) is 20.6. The van der Waals surface area contributed by atoms with E-state index >= 15 is 0 Å². The van der Waals surface area contributed by atoms with Crippen molar-refractivity contribution in [2.75, 3.05) is 17.7 Å². The van der Waals surface area contributed by atoms with E-state index in [1.54, 1.807) is 29.4 Å². The first-order valence-electron chi connectivity index (χ1n) is 10.1. The Hall–Kier alpha value is -3.69. The number of nitrogens with one attached hydrogen (secondary N) is 1. The highest BCUT2D eigenvalue weighted by Crippen LogP contribution is 2.29. The predicted octanol–water partition coefficient (Wildman–Crippen LogP) is 3.17. The highest BCUT2D eigenvalue weighted by atomic mass is 19.1. The SMILES string of the molecule is CCCCOc1nc(N)c2c(n1)CN(Cc1ccc(Cn3ccnc3)c(F)c1)C(=O)N2. The van der Waals surface area contributed by atoms with Crippen molar-refractivity contribution < 1.29 is 13.9 Å². The number of unbranched alkanes of at least 4 members (excludes halogenated alkanes) is 1. The maximum Gasteiger partial charge on any atom is 0.322 e. The Morgan fingerprint density at radius 1 is 1.29 bits per heavy atom. The molecule has 0 unspecified atom stereocenters. The number of nitrogens with zero attached hydrogens (tertiary/aromatic N) is 5.